The van der Waals surface area contributed by atoms with Gasteiger partial charge in [-0.25, -0.2) is 0 Å². The summed E-state index contributed by atoms with van der Waals surface area (Å²) < 4.78 is 5.20. The molecule has 1 unspecified atom stereocenters. The van der Waals surface area contributed by atoms with Gasteiger partial charge >= 0.3 is 0 Å². The van der Waals surface area contributed by atoms with E-state index in [0.717, 1.165) is 6.42 Å². The summed E-state index contributed by atoms with van der Waals surface area (Å²) in [6.45, 7) is 7.33. The maximum atomic E-state index is 12.1. The predicted molar refractivity (Wildman–Crippen MR) is 56.0 cm³/mol. The Balaban J connectivity index is 2.65. The lowest BCUT2D eigenvalue weighted by atomic mass is 9.88. The summed E-state index contributed by atoms with van der Waals surface area (Å²) in [5, 5.41) is 8.74. The van der Waals surface area contributed by atoms with E-state index in [2.05, 4.69) is 0 Å². The highest BCUT2D eigenvalue weighted by Crippen LogP contribution is 2.24. The molecule has 1 aliphatic rings. The van der Waals surface area contributed by atoms with Crippen molar-refractivity contribution in [1.29, 1.82) is 5.26 Å². The Hall–Kier alpha value is -1.08. The largest absolute Gasteiger partial charge is 0.360 e. The van der Waals surface area contributed by atoms with Crippen LogP contribution in [0.2, 0.25) is 0 Å². The Bertz CT molecular complexity index is 281. The Morgan fingerprint density at radius 3 is 2.87 bits per heavy atom. The lowest BCUT2D eigenvalue weighted by molar-refractivity contribution is -0.146. The number of hydrogen-bond donors (Lipinski definition) is 0. The van der Waals surface area contributed by atoms with Gasteiger partial charge in [0.2, 0.25) is 5.91 Å². The SMILES string of the molecule is CCC(C)(C)C(=O)N1CCOC(C#N)C1. The predicted octanol–water partition coefficient (Wildman–Crippen LogP) is 1.17. The summed E-state index contributed by atoms with van der Waals surface area (Å²) in [5.74, 6) is 0.119. The molecule has 0 aromatic carbocycles. The van der Waals surface area contributed by atoms with Crippen molar-refractivity contribution >= 4 is 5.91 Å². The third-order valence-corrected chi connectivity index (χ3v) is 2.96. The van der Waals surface area contributed by atoms with Gasteiger partial charge in [-0.2, -0.15) is 5.26 Å². The van der Waals surface area contributed by atoms with Gasteiger partial charge in [0.25, 0.3) is 0 Å². The molecule has 1 aliphatic heterocycles. The minimum atomic E-state index is -0.463. The van der Waals surface area contributed by atoms with Crippen molar-refractivity contribution in [1.82, 2.24) is 4.90 Å². The number of amides is 1. The minimum absolute atomic E-state index is 0.119. The summed E-state index contributed by atoms with van der Waals surface area (Å²) >= 11 is 0. The second-order valence-electron chi connectivity index (χ2n) is 4.48. The van der Waals surface area contributed by atoms with Crippen molar-refractivity contribution in [3.05, 3.63) is 0 Å². The number of nitrogens with zero attached hydrogens (tertiary/aromatic N) is 2. The van der Waals surface area contributed by atoms with Gasteiger partial charge in [-0.05, 0) is 6.42 Å². The van der Waals surface area contributed by atoms with Crippen LogP contribution in [-0.4, -0.2) is 36.6 Å². The van der Waals surface area contributed by atoms with Crippen molar-refractivity contribution in [3.63, 3.8) is 0 Å². The molecule has 0 aromatic rings. The van der Waals surface area contributed by atoms with Crippen LogP contribution in [0.4, 0.5) is 0 Å². The maximum Gasteiger partial charge on any atom is 0.228 e. The standard InChI is InChI=1S/C11H18N2O2/c1-4-11(2,3)10(14)13-5-6-15-9(7-12)8-13/h9H,4-6,8H2,1-3H3. The van der Waals surface area contributed by atoms with Crippen molar-refractivity contribution in [2.24, 2.45) is 5.41 Å². The molecule has 4 heteroatoms. The number of nitriles is 1. The van der Waals surface area contributed by atoms with Crippen LogP contribution in [-0.2, 0) is 9.53 Å². The van der Waals surface area contributed by atoms with Crippen molar-refractivity contribution in [3.8, 4) is 6.07 Å². The van der Waals surface area contributed by atoms with Crippen LogP contribution in [0.5, 0.6) is 0 Å². The molecular weight excluding hydrogens is 192 g/mol. The summed E-state index contributed by atoms with van der Waals surface area (Å²) in [7, 11) is 0. The second-order valence-corrected chi connectivity index (χ2v) is 4.48. The van der Waals surface area contributed by atoms with Gasteiger partial charge in [-0.1, -0.05) is 20.8 Å². The lowest BCUT2D eigenvalue weighted by Gasteiger charge is -2.35. The highest BCUT2D eigenvalue weighted by Gasteiger charge is 2.33. The van der Waals surface area contributed by atoms with Crippen LogP contribution >= 0.6 is 0 Å². The van der Waals surface area contributed by atoms with E-state index in [1.54, 1.807) is 4.90 Å². The molecule has 0 radical (unpaired) electrons. The molecule has 84 valence electrons. The van der Waals surface area contributed by atoms with Gasteiger partial charge in [-0.15, -0.1) is 0 Å². The smallest absolute Gasteiger partial charge is 0.228 e. The fourth-order valence-corrected chi connectivity index (χ4v) is 1.49. The van der Waals surface area contributed by atoms with E-state index in [1.807, 2.05) is 26.8 Å². The van der Waals surface area contributed by atoms with Gasteiger partial charge in [0, 0.05) is 12.0 Å². The second kappa shape index (κ2) is 4.63. The zero-order valence-corrected chi connectivity index (χ0v) is 9.62. The van der Waals surface area contributed by atoms with Crippen LogP contribution in [0.3, 0.4) is 0 Å². The van der Waals surface area contributed by atoms with E-state index in [0.29, 0.717) is 19.7 Å². The molecule has 4 nitrogen and oxygen atoms in total. The van der Waals surface area contributed by atoms with E-state index in [4.69, 9.17) is 10.00 Å². The zero-order chi connectivity index (χ0) is 11.5. The number of ether oxygens (including phenoxy) is 1. The van der Waals surface area contributed by atoms with Crippen molar-refractivity contribution < 1.29 is 9.53 Å². The number of hydrogen-bond acceptors (Lipinski definition) is 3. The molecule has 1 saturated heterocycles. The third-order valence-electron chi connectivity index (χ3n) is 2.96. The quantitative estimate of drug-likeness (QED) is 0.687. The van der Waals surface area contributed by atoms with Gasteiger partial charge in [-0.3, -0.25) is 4.79 Å². The van der Waals surface area contributed by atoms with E-state index < -0.39 is 6.10 Å². The molecule has 0 spiro atoms. The molecule has 1 atom stereocenters. The average molecular weight is 210 g/mol. The highest BCUT2D eigenvalue weighted by molar-refractivity contribution is 5.82. The van der Waals surface area contributed by atoms with E-state index >= 15 is 0 Å². The normalized spacial score (nSPS) is 22.3. The molecule has 0 aromatic heterocycles. The first-order valence-electron chi connectivity index (χ1n) is 5.32. The minimum Gasteiger partial charge on any atom is -0.360 e. The molecule has 1 rings (SSSR count). The fourth-order valence-electron chi connectivity index (χ4n) is 1.49. The summed E-state index contributed by atoms with van der Waals surface area (Å²) in [5.41, 5.74) is -0.336. The first-order chi connectivity index (χ1) is 7.01. The number of carbonyl (C=O) groups excluding carboxylic acids is 1. The van der Waals surface area contributed by atoms with E-state index in [9.17, 15) is 4.79 Å². The molecule has 1 fully saturated rings. The maximum absolute atomic E-state index is 12.1. The van der Waals surface area contributed by atoms with Crippen molar-refractivity contribution in [2.45, 2.75) is 33.3 Å². The van der Waals surface area contributed by atoms with Crippen LogP contribution in [0.25, 0.3) is 0 Å². The molecule has 0 N–H and O–H groups in total. The van der Waals surface area contributed by atoms with E-state index in [1.165, 1.54) is 0 Å². The highest BCUT2D eigenvalue weighted by atomic mass is 16.5. The van der Waals surface area contributed by atoms with Gasteiger partial charge in [0.05, 0.1) is 19.2 Å². The summed E-state index contributed by atoms with van der Waals surface area (Å²) in [4.78, 5) is 13.8. The van der Waals surface area contributed by atoms with Crippen LogP contribution in [0.1, 0.15) is 27.2 Å². The lowest BCUT2D eigenvalue weighted by Crippen LogP contribution is -2.49. The van der Waals surface area contributed by atoms with Gasteiger partial charge < -0.3 is 9.64 Å². The molecular formula is C11H18N2O2. The first-order valence-corrected chi connectivity index (χ1v) is 5.32. The number of morpholine rings is 1. The van der Waals surface area contributed by atoms with E-state index in [-0.39, 0.29) is 11.3 Å². The Kier molecular flexibility index (Phi) is 3.70. The third kappa shape index (κ3) is 2.69. The monoisotopic (exact) mass is 210 g/mol. The van der Waals surface area contributed by atoms with Gasteiger partial charge in [0.15, 0.2) is 6.10 Å². The zero-order valence-electron chi connectivity index (χ0n) is 9.62. The number of carbonyl (C=O) groups is 1. The first kappa shape index (κ1) is 12.0. The Labute approximate surface area is 90.8 Å². The fraction of sp³-hybridized carbons (Fsp3) is 0.818. The van der Waals surface area contributed by atoms with Crippen LogP contribution in [0, 0.1) is 16.7 Å². The Morgan fingerprint density at radius 2 is 2.33 bits per heavy atom. The molecule has 1 heterocycles. The Morgan fingerprint density at radius 1 is 1.67 bits per heavy atom. The average Bonchev–Trinajstić information content (AvgIpc) is 2.28. The molecule has 0 aliphatic carbocycles. The summed E-state index contributed by atoms with van der Waals surface area (Å²) in [6, 6.07) is 2.04. The molecule has 0 saturated carbocycles. The van der Waals surface area contributed by atoms with Gasteiger partial charge in [0.1, 0.15) is 0 Å². The molecule has 15 heavy (non-hydrogen) atoms. The summed E-state index contributed by atoms with van der Waals surface area (Å²) in [6.07, 6.45) is 0.343. The van der Waals surface area contributed by atoms with Crippen LogP contribution in [0.15, 0.2) is 0 Å². The molecule has 1 amide bonds. The number of rotatable bonds is 2. The van der Waals surface area contributed by atoms with Crippen molar-refractivity contribution in [2.75, 3.05) is 19.7 Å². The molecule has 0 bridgehead atoms. The van der Waals surface area contributed by atoms with Crippen LogP contribution < -0.4 is 0 Å². The topological polar surface area (TPSA) is 53.3 Å².